The summed E-state index contributed by atoms with van der Waals surface area (Å²) >= 11 is 0. The van der Waals surface area contributed by atoms with Crippen LogP contribution in [0.15, 0.2) is 84.9 Å². The number of alkyl halides is 3. The molecule has 0 unspecified atom stereocenters. The van der Waals surface area contributed by atoms with Crippen molar-refractivity contribution in [3.63, 3.8) is 0 Å². The van der Waals surface area contributed by atoms with E-state index in [1.165, 1.54) is 12.1 Å². The van der Waals surface area contributed by atoms with Gasteiger partial charge in [0, 0.05) is 11.4 Å². The average molecular weight is 393 g/mol. The first-order chi connectivity index (χ1) is 13.9. The van der Waals surface area contributed by atoms with Crippen molar-refractivity contribution in [3.8, 4) is 16.9 Å². The Bertz CT molecular complexity index is 1150. The van der Waals surface area contributed by atoms with E-state index < -0.39 is 11.7 Å². The van der Waals surface area contributed by atoms with E-state index in [0.29, 0.717) is 5.69 Å². The topological polar surface area (TPSA) is 21.3 Å². The summed E-state index contributed by atoms with van der Waals surface area (Å²) in [5.74, 6) is 0.813. The molecule has 146 valence electrons. The minimum absolute atomic E-state index is 0.598. The second-order valence-electron chi connectivity index (χ2n) is 6.71. The maximum Gasteiger partial charge on any atom is 0.416 e. The fourth-order valence-electron chi connectivity index (χ4n) is 3.22. The molecule has 0 amide bonds. The zero-order valence-corrected chi connectivity index (χ0v) is 15.6. The highest BCUT2D eigenvalue weighted by Gasteiger charge is 2.29. The largest absolute Gasteiger partial charge is 0.497 e. The van der Waals surface area contributed by atoms with Gasteiger partial charge in [0.1, 0.15) is 5.75 Å². The van der Waals surface area contributed by atoms with Crippen LogP contribution in [0.1, 0.15) is 5.56 Å². The van der Waals surface area contributed by atoms with Crippen molar-refractivity contribution >= 4 is 22.1 Å². The molecule has 0 atom stereocenters. The van der Waals surface area contributed by atoms with Crippen LogP contribution in [-0.2, 0) is 6.18 Å². The highest BCUT2D eigenvalue weighted by Crippen LogP contribution is 2.32. The molecule has 5 heteroatoms. The van der Waals surface area contributed by atoms with E-state index in [9.17, 15) is 13.2 Å². The maximum atomic E-state index is 12.7. The van der Waals surface area contributed by atoms with Gasteiger partial charge >= 0.3 is 6.18 Å². The molecule has 4 aromatic rings. The van der Waals surface area contributed by atoms with Crippen LogP contribution in [0.5, 0.6) is 5.75 Å². The molecule has 0 aromatic heterocycles. The van der Waals surface area contributed by atoms with Gasteiger partial charge in [0.15, 0.2) is 0 Å². The molecule has 29 heavy (non-hydrogen) atoms. The molecule has 0 aliphatic carbocycles. The van der Waals surface area contributed by atoms with E-state index >= 15 is 0 Å². The van der Waals surface area contributed by atoms with Gasteiger partial charge in [0.05, 0.1) is 12.7 Å². The predicted octanol–water partition coefficient (Wildman–Crippen LogP) is 7.28. The molecular weight excluding hydrogens is 375 g/mol. The van der Waals surface area contributed by atoms with Crippen LogP contribution in [0.2, 0.25) is 0 Å². The van der Waals surface area contributed by atoms with Crippen LogP contribution < -0.4 is 10.1 Å². The Morgan fingerprint density at radius 2 is 1.38 bits per heavy atom. The number of ether oxygens (including phenoxy) is 1. The van der Waals surface area contributed by atoms with Gasteiger partial charge in [0.25, 0.3) is 0 Å². The Hall–Kier alpha value is -3.47. The van der Waals surface area contributed by atoms with Crippen LogP contribution in [0, 0.1) is 0 Å². The van der Waals surface area contributed by atoms with Gasteiger partial charge in [-0.25, -0.2) is 0 Å². The van der Waals surface area contributed by atoms with Gasteiger partial charge in [-0.05, 0) is 76.5 Å². The number of rotatable bonds is 4. The first-order valence-electron chi connectivity index (χ1n) is 9.05. The lowest BCUT2D eigenvalue weighted by molar-refractivity contribution is -0.137. The van der Waals surface area contributed by atoms with Gasteiger partial charge in [0.2, 0.25) is 0 Å². The summed E-state index contributed by atoms with van der Waals surface area (Å²) in [6.45, 7) is 0. The summed E-state index contributed by atoms with van der Waals surface area (Å²) in [5.41, 5.74) is 2.81. The number of benzene rings is 4. The first kappa shape index (κ1) is 18.9. The van der Waals surface area contributed by atoms with Gasteiger partial charge < -0.3 is 10.1 Å². The molecule has 4 rings (SSSR count). The zero-order chi connectivity index (χ0) is 20.4. The highest BCUT2D eigenvalue weighted by atomic mass is 19.4. The molecule has 0 aliphatic rings. The molecule has 4 aromatic carbocycles. The minimum atomic E-state index is -4.33. The molecule has 0 saturated heterocycles. The summed E-state index contributed by atoms with van der Waals surface area (Å²) in [7, 11) is 1.64. The number of methoxy groups -OCH3 is 1. The molecule has 0 fully saturated rings. The van der Waals surface area contributed by atoms with Gasteiger partial charge in [-0.15, -0.1) is 0 Å². The summed E-state index contributed by atoms with van der Waals surface area (Å²) in [4.78, 5) is 0. The maximum absolute atomic E-state index is 12.7. The quantitative estimate of drug-likeness (QED) is 0.393. The fourth-order valence-corrected chi connectivity index (χ4v) is 3.22. The number of fused-ring (bicyclic) bond motifs is 1. The van der Waals surface area contributed by atoms with E-state index in [0.717, 1.165) is 45.5 Å². The molecule has 0 bridgehead atoms. The number of nitrogens with one attached hydrogen (secondary N) is 1. The Morgan fingerprint density at radius 3 is 2.10 bits per heavy atom. The Morgan fingerprint density at radius 1 is 0.690 bits per heavy atom. The van der Waals surface area contributed by atoms with Crippen LogP contribution in [0.25, 0.3) is 21.9 Å². The molecule has 0 radical (unpaired) electrons. The normalized spacial score (nSPS) is 11.4. The van der Waals surface area contributed by atoms with Crippen molar-refractivity contribution in [2.24, 2.45) is 0 Å². The third-order valence-corrected chi connectivity index (χ3v) is 4.74. The summed E-state index contributed by atoms with van der Waals surface area (Å²) in [6, 6.07) is 24.9. The van der Waals surface area contributed by atoms with Crippen molar-refractivity contribution in [3.05, 3.63) is 90.5 Å². The molecule has 0 saturated carbocycles. The second kappa shape index (κ2) is 7.51. The zero-order valence-electron chi connectivity index (χ0n) is 15.6. The number of hydrogen-bond acceptors (Lipinski definition) is 2. The number of anilines is 2. The Kier molecular flexibility index (Phi) is 4.89. The minimum Gasteiger partial charge on any atom is -0.497 e. The Balaban J connectivity index is 1.59. The van der Waals surface area contributed by atoms with Crippen LogP contribution >= 0.6 is 0 Å². The van der Waals surface area contributed by atoms with Crippen LogP contribution in [0.4, 0.5) is 24.5 Å². The molecule has 0 aliphatic heterocycles. The summed E-state index contributed by atoms with van der Waals surface area (Å²) < 4.78 is 43.4. The third-order valence-electron chi connectivity index (χ3n) is 4.74. The Labute approximate surface area is 166 Å². The van der Waals surface area contributed by atoms with Gasteiger partial charge in [-0.1, -0.05) is 30.3 Å². The lowest BCUT2D eigenvalue weighted by Gasteiger charge is -2.11. The van der Waals surface area contributed by atoms with E-state index in [1.54, 1.807) is 7.11 Å². The fraction of sp³-hybridized carbons (Fsp3) is 0.0833. The standard InChI is InChI=1S/C24H18F3NO/c1-29-23-12-7-18-13-17(5-6-19(18)15-23)16-3-2-4-22(14-16)28-21-10-8-20(9-11-21)24(25,26)27/h2-15,28H,1H3. The average Bonchev–Trinajstić information content (AvgIpc) is 2.73. The van der Waals surface area contributed by atoms with Crippen molar-refractivity contribution in [1.29, 1.82) is 0 Å². The van der Waals surface area contributed by atoms with E-state index in [4.69, 9.17) is 4.74 Å². The van der Waals surface area contributed by atoms with Crippen LogP contribution in [-0.4, -0.2) is 7.11 Å². The molecule has 0 heterocycles. The molecule has 0 spiro atoms. The predicted molar refractivity (Wildman–Crippen MR) is 111 cm³/mol. The molecule has 1 N–H and O–H groups in total. The molecule has 2 nitrogen and oxygen atoms in total. The lowest BCUT2D eigenvalue weighted by atomic mass is 10.0. The van der Waals surface area contributed by atoms with Crippen molar-refractivity contribution in [2.75, 3.05) is 12.4 Å². The van der Waals surface area contributed by atoms with Crippen LogP contribution in [0.3, 0.4) is 0 Å². The van der Waals surface area contributed by atoms with Crippen molar-refractivity contribution in [1.82, 2.24) is 0 Å². The van der Waals surface area contributed by atoms with Crippen molar-refractivity contribution in [2.45, 2.75) is 6.18 Å². The third kappa shape index (κ3) is 4.19. The van der Waals surface area contributed by atoms with Gasteiger partial charge in [-0.2, -0.15) is 13.2 Å². The monoisotopic (exact) mass is 393 g/mol. The van der Waals surface area contributed by atoms with E-state index in [2.05, 4.69) is 11.4 Å². The summed E-state index contributed by atoms with van der Waals surface area (Å²) in [6.07, 6.45) is -4.33. The lowest BCUT2D eigenvalue weighted by Crippen LogP contribution is -2.04. The number of halogens is 3. The van der Waals surface area contributed by atoms with Crippen molar-refractivity contribution < 1.29 is 17.9 Å². The highest BCUT2D eigenvalue weighted by molar-refractivity contribution is 5.88. The van der Waals surface area contributed by atoms with E-state index in [1.807, 2.05) is 54.6 Å². The first-order valence-corrected chi connectivity index (χ1v) is 9.05. The van der Waals surface area contributed by atoms with E-state index in [-0.39, 0.29) is 0 Å². The molecular formula is C24H18F3NO. The smallest absolute Gasteiger partial charge is 0.416 e. The SMILES string of the molecule is COc1ccc2cc(-c3cccc(Nc4ccc(C(F)(F)F)cc4)c3)ccc2c1. The second-order valence-corrected chi connectivity index (χ2v) is 6.71. The number of hydrogen-bond donors (Lipinski definition) is 1. The van der Waals surface area contributed by atoms with Gasteiger partial charge in [-0.3, -0.25) is 0 Å². The summed E-state index contributed by atoms with van der Waals surface area (Å²) in [5, 5.41) is 5.35.